The van der Waals surface area contributed by atoms with Gasteiger partial charge in [-0.1, -0.05) is 6.42 Å². The van der Waals surface area contributed by atoms with E-state index >= 15 is 0 Å². The van der Waals surface area contributed by atoms with Gasteiger partial charge in [0.05, 0.1) is 0 Å². The Morgan fingerprint density at radius 3 is 2.30 bits per heavy atom. The second-order valence-electron chi connectivity index (χ2n) is 7.69. The van der Waals surface area contributed by atoms with E-state index in [-0.39, 0.29) is 0 Å². The molecule has 2 atom stereocenters. The fourth-order valence-corrected chi connectivity index (χ4v) is 4.33. The van der Waals surface area contributed by atoms with Crippen LogP contribution in [0.15, 0.2) is 0 Å². The van der Waals surface area contributed by atoms with Crippen molar-refractivity contribution in [2.45, 2.75) is 64.1 Å². The fourth-order valence-electron chi connectivity index (χ4n) is 4.33. The Hall–Kier alpha value is -0.120. The van der Waals surface area contributed by atoms with Gasteiger partial charge in [-0.2, -0.15) is 0 Å². The van der Waals surface area contributed by atoms with Gasteiger partial charge in [-0.25, -0.2) is 0 Å². The zero-order valence-corrected chi connectivity index (χ0v) is 13.6. The highest BCUT2D eigenvalue weighted by molar-refractivity contribution is 4.95. The molecule has 3 fully saturated rings. The third-order valence-corrected chi connectivity index (χ3v) is 5.85. The minimum absolute atomic E-state index is 0.722. The van der Waals surface area contributed by atoms with Crippen LogP contribution in [0.3, 0.4) is 0 Å². The van der Waals surface area contributed by atoms with Gasteiger partial charge in [0.25, 0.3) is 0 Å². The molecule has 3 aliphatic rings. The first-order valence-electron chi connectivity index (χ1n) is 8.83. The predicted octanol–water partition coefficient (Wildman–Crippen LogP) is 2.18. The predicted molar refractivity (Wildman–Crippen MR) is 85.0 cm³/mol. The van der Waals surface area contributed by atoms with E-state index in [1.165, 1.54) is 58.3 Å². The highest BCUT2D eigenvalue weighted by atomic mass is 15.2. The van der Waals surface area contributed by atoms with Crippen LogP contribution in [0.1, 0.15) is 46.0 Å². The second kappa shape index (κ2) is 6.33. The van der Waals surface area contributed by atoms with E-state index in [2.05, 4.69) is 36.0 Å². The van der Waals surface area contributed by atoms with E-state index in [9.17, 15) is 0 Å². The Morgan fingerprint density at radius 1 is 1.10 bits per heavy atom. The first-order chi connectivity index (χ1) is 9.65. The molecule has 2 bridgehead atoms. The standard InChI is InChI=1S/C17H33N3/c1-13(2)20-11-14-5-4-6-15(12-20)17(14)18-9-10-19(3)16-7-8-16/h13-18H,4-12H2,1-3H3. The molecule has 0 aromatic heterocycles. The lowest BCUT2D eigenvalue weighted by Crippen LogP contribution is -2.58. The highest BCUT2D eigenvalue weighted by Crippen LogP contribution is 2.35. The van der Waals surface area contributed by atoms with Crippen molar-refractivity contribution in [3.63, 3.8) is 0 Å². The molecule has 0 aromatic carbocycles. The molecular weight excluding hydrogens is 246 g/mol. The number of fused-ring (bicyclic) bond motifs is 2. The maximum atomic E-state index is 3.93. The molecule has 0 aromatic rings. The van der Waals surface area contributed by atoms with Gasteiger partial charge < -0.3 is 15.1 Å². The van der Waals surface area contributed by atoms with Gasteiger partial charge in [0.15, 0.2) is 0 Å². The van der Waals surface area contributed by atoms with Gasteiger partial charge in [-0.15, -0.1) is 0 Å². The zero-order chi connectivity index (χ0) is 14.1. The fraction of sp³-hybridized carbons (Fsp3) is 1.00. The van der Waals surface area contributed by atoms with Crippen LogP contribution >= 0.6 is 0 Å². The molecule has 1 heterocycles. The molecule has 2 unspecified atom stereocenters. The Morgan fingerprint density at radius 2 is 1.75 bits per heavy atom. The molecule has 116 valence electrons. The normalized spacial score (nSPS) is 35.0. The van der Waals surface area contributed by atoms with Crippen molar-refractivity contribution in [3.05, 3.63) is 0 Å². The van der Waals surface area contributed by atoms with Crippen LogP contribution in [0.4, 0.5) is 0 Å². The molecule has 3 nitrogen and oxygen atoms in total. The molecule has 1 N–H and O–H groups in total. The summed E-state index contributed by atoms with van der Waals surface area (Å²) < 4.78 is 0. The van der Waals surface area contributed by atoms with Crippen molar-refractivity contribution in [2.24, 2.45) is 11.8 Å². The van der Waals surface area contributed by atoms with Crippen molar-refractivity contribution in [1.29, 1.82) is 0 Å². The number of piperidine rings is 1. The summed E-state index contributed by atoms with van der Waals surface area (Å²) in [5.74, 6) is 1.80. The number of hydrogen-bond donors (Lipinski definition) is 1. The van der Waals surface area contributed by atoms with Crippen molar-refractivity contribution in [1.82, 2.24) is 15.1 Å². The van der Waals surface area contributed by atoms with Crippen LogP contribution in [-0.4, -0.2) is 61.2 Å². The minimum atomic E-state index is 0.722. The Balaban J connectivity index is 1.48. The summed E-state index contributed by atoms with van der Waals surface area (Å²) >= 11 is 0. The number of hydrogen-bond acceptors (Lipinski definition) is 3. The highest BCUT2D eigenvalue weighted by Gasteiger charge is 2.39. The van der Waals surface area contributed by atoms with Crippen LogP contribution in [0.2, 0.25) is 0 Å². The molecule has 0 radical (unpaired) electrons. The van der Waals surface area contributed by atoms with Gasteiger partial charge in [0.2, 0.25) is 0 Å². The van der Waals surface area contributed by atoms with Crippen LogP contribution in [0.5, 0.6) is 0 Å². The average molecular weight is 279 g/mol. The van der Waals surface area contributed by atoms with E-state index < -0.39 is 0 Å². The van der Waals surface area contributed by atoms with E-state index in [1.807, 2.05) is 0 Å². The quantitative estimate of drug-likeness (QED) is 0.804. The van der Waals surface area contributed by atoms with E-state index in [0.29, 0.717) is 0 Å². The monoisotopic (exact) mass is 279 g/mol. The van der Waals surface area contributed by atoms with Crippen LogP contribution < -0.4 is 5.32 Å². The number of nitrogens with zero attached hydrogens (tertiary/aromatic N) is 2. The van der Waals surface area contributed by atoms with Crippen molar-refractivity contribution in [2.75, 3.05) is 33.2 Å². The lowest BCUT2D eigenvalue weighted by Gasteiger charge is -2.49. The summed E-state index contributed by atoms with van der Waals surface area (Å²) in [4.78, 5) is 5.26. The number of likely N-dealkylation sites (tertiary alicyclic amines) is 1. The first kappa shape index (κ1) is 14.8. The summed E-state index contributed by atoms with van der Waals surface area (Å²) in [5, 5.41) is 3.93. The topological polar surface area (TPSA) is 18.5 Å². The molecule has 0 amide bonds. The smallest absolute Gasteiger partial charge is 0.0148 e. The zero-order valence-electron chi connectivity index (χ0n) is 13.6. The lowest BCUT2D eigenvalue weighted by molar-refractivity contribution is 0.0290. The molecule has 3 heteroatoms. The van der Waals surface area contributed by atoms with Crippen LogP contribution in [-0.2, 0) is 0 Å². The minimum Gasteiger partial charge on any atom is -0.312 e. The van der Waals surface area contributed by atoms with Crippen molar-refractivity contribution < 1.29 is 0 Å². The maximum absolute atomic E-state index is 3.93. The van der Waals surface area contributed by atoms with Crippen LogP contribution in [0, 0.1) is 11.8 Å². The molecule has 3 rings (SSSR count). The molecule has 20 heavy (non-hydrogen) atoms. The van der Waals surface area contributed by atoms with Crippen molar-refractivity contribution in [3.8, 4) is 0 Å². The molecule has 1 aliphatic heterocycles. The molecule has 1 saturated heterocycles. The summed E-state index contributed by atoms with van der Waals surface area (Å²) in [6.07, 6.45) is 7.19. The van der Waals surface area contributed by atoms with Gasteiger partial charge in [-0.05, 0) is 58.4 Å². The summed E-state index contributed by atoms with van der Waals surface area (Å²) in [5.41, 5.74) is 0. The van der Waals surface area contributed by atoms with E-state index in [1.54, 1.807) is 0 Å². The number of likely N-dealkylation sites (N-methyl/N-ethyl adjacent to an activating group) is 1. The van der Waals surface area contributed by atoms with Gasteiger partial charge in [0.1, 0.15) is 0 Å². The summed E-state index contributed by atoms with van der Waals surface area (Å²) in [7, 11) is 2.29. The molecule has 0 spiro atoms. The van der Waals surface area contributed by atoms with Gasteiger partial charge >= 0.3 is 0 Å². The molecular formula is C17H33N3. The molecule has 2 aliphatic carbocycles. The van der Waals surface area contributed by atoms with E-state index in [0.717, 1.165) is 30.0 Å². The SMILES string of the molecule is CC(C)N1CC2CCCC(C1)C2NCCN(C)C1CC1. The van der Waals surface area contributed by atoms with Gasteiger partial charge in [0, 0.05) is 44.3 Å². The lowest BCUT2D eigenvalue weighted by atomic mass is 9.73. The average Bonchev–Trinajstić information content (AvgIpc) is 3.21. The van der Waals surface area contributed by atoms with E-state index in [4.69, 9.17) is 0 Å². The Labute approximate surface area is 125 Å². The van der Waals surface area contributed by atoms with Crippen molar-refractivity contribution >= 4 is 0 Å². The number of nitrogens with one attached hydrogen (secondary N) is 1. The Bertz CT molecular complexity index is 299. The Kier molecular flexibility index (Phi) is 4.68. The summed E-state index contributed by atoms with van der Waals surface area (Å²) in [6, 6.07) is 2.42. The number of rotatable bonds is 6. The first-order valence-corrected chi connectivity index (χ1v) is 8.83. The van der Waals surface area contributed by atoms with Gasteiger partial charge in [-0.3, -0.25) is 0 Å². The third kappa shape index (κ3) is 3.37. The van der Waals surface area contributed by atoms with Crippen LogP contribution in [0.25, 0.3) is 0 Å². The molecule has 2 saturated carbocycles. The maximum Gasteiger partial charge on any atom is 0.0148 e. The summed E-state index contributed by atoms with van der Waals surface area (Å²) in [6.45, 7) is 9.78. The largest absolute Gasteiger partial charge is 0.312 e. The third-order valence-electron chi connectivity index (χ3n) is 5.85. The second-order valence-corrected chi connectivity index (χ2v) is 7.69.